The van der Waals surface area contributed by atoms with E-state index in [9.17, 15) is 9.59 Å². The molecule has 29 heavy (non-hydrogen) atoms. The van der Waals surface area contributed by atoms with Gasteiger partial charge in [-0.05, 0) is 44.2 Å². The summed E-state index contributed by atoms with van der Waals surface area (Å²) < 4.78 is 0. The fourth-order valence-electron chi connectivity index (χ4n) is 5.09. The predicted molar refractivity (Wildman–Crippen MR) is 114 cm³/mol. The molecule has 1 aromatic rings. The zero-order chi connectivity index (χ0) is 20.2. The van der Waals surface area contributed by atoms with Gasteiger partial charge in [-0.15, -0.1) is 0 Å². The van der Waals surface area contributed by atoms with Crippen molar-refractivity contribution in [3.63, 3.8) is 0 Å². The monoisotopic (exact) mass is 398 g/mol. The summed E-state index contributed by atoms with van der Waals surface area (Å²) in [4.78, 5) is 36.4. The van der Waals surface area contributed by atoms with E-state index in [1.807, 2.05) is 34.9 Å². The van der Waals surface area contributed by atoms with Crippen LogP contribution in [-0.2, 0) is 9.59 Å². The van der Waals surface area contributed by atoms with Gasteiger partial charge in [0.05, 0.1) is 5.92 Å². The summed E-state index contributed by atoms with van der Waals surface area (Å²) in [7, 11) is 0. The maximum atomic E-state index is 13.1. The van der Waals surface area contributed by atoms with Crippen molar-refractivity contribution in [3.05, 3.63) is 23.9 Å². The minimum absolute atomic E-state index is 0.0278. The average molecular weight is 399 g/mol. The highest BCUT2D eigenvalue weighted by atomic mass is 16.2. The molecule has 158 valence electrons. The first kappa shape index (κ1) is 20.2. The number of rotatable bonds is 4. The number of carbonyl (C=O) groups excluding carboxylic acids is 2. The fraction of sp³-hybridized carbons (Fsp3) is 0.696. The van der Waals surface area contributed by atoms with Gasteiger partial charge in [0.25, 0.3) is 0 Å². The number of nitrogens with zero attached hydrogens (tertiary/aromatic N) is 4. The maximum Gasteiger partial charge on any atom is 0.227 e. The van der Waals surface area contributed by atoms with Crippen molar-refractivity contribution in [2.45, 2.75) is 51.9 Å². The molecule has 0 spiro atoms. The van der Waals surface area contributed by atoms with E-state index in [0.29, 0.717) is 25.3 Å². The molecule has 2 saturated heterocycles. The average Bonchev–Trinajstić information content (AvgIpc) is 2.76. The van der Waals surface area contributed by atoms with E-state index < -0.39 is 0 Å². The van der Waals surface area contributed by atoms with Crippen LogP contribution in [0.4, 0.5) is 5.82 Å². The molecular weight excluding hydrogens is 364 g/mol. The number of likely N-dealkylation sites (tertiary alicyclic amines) is 1. The van der Waals surface area contributed by atoms with Crippen LogP contribution in [0.3, 0.4) is 0 Å². The smallest absolute Gasteiger partial charge is 0.227 e. The van der Waals surface area contributed by atoms with Gasteiger partial charge in [0, 0.05) is 51.4 Å². The number of anilines is 1. The summed E-state index contributed by atoms with van der Waals surface area (Å²) in [5, 5.41) is 0. The second kappa shape index (κ2) is 9.14. The summed E-state index contributed by atoms with van der Waals surface area (Å²) in [6, 6.07) is 6.09. The van der Waals surface area contributed by atoms with Crippen molar-refractivity contribution in [1.82, 2.24) is 14.8 Å². The summed E-state index contributed by atoms with van der Waals surface area (Å²) >= 11 is 0. The van der Waals surface area contributed by atoms with Crippen LogP contribution in [-0.4, -0.2) is 65.9 Å². The quantitative estimate of drug-likeness (QED) is 0.783. The summed E-state index contributed by atoms with van der Waals surface area (Å²) in [6.07, 6.45) is 7.60. The van der Waals surface area contributed by atoms with E-state index in [2.05, 4.69) is 9.88 Å². The molecule has 6 heteroatoms. The van der Waals surface area contributed by atoms with Gasteiger partial charge in [0.15, 0.2) is 0 Å². The highest BCUT2D eigenvalue weighted by Gasteiger charge is 2.34. The topological polar surface area (TPSA) is 56.8 Å². The Morgan fingerprint density at radius 2 is 1.83 bits per heavy atom. The number of piperazine rings is 1. The molecule has 3 fully saturated rings. The van der Waals surface area contributed by atoms with Crippen LogP contribution in [0.1, 0.15) is 50.6 Å². The first-order valence-corrected chi connectivity index (χ1v) is 11.4. The molecule has 1 aliphatic carbocycles. The molecule has 1 aromatic heterocycles. The van der Waals surface area contributed by atoms with Crippen LogP contribution in [0.2, 0.25) is 0 Å². The molecule has 0 unspecified atom stereocenters. The Bertz CT molecular complexity index is 723. The lowest BCUT2D eigenvalue weighted by molar-refractivity contribution is -0.143. The van der Waals surface area contributed by atoms with Crippen molar-refractivity contribution < 1.29 is 9.59 Å². The van der Waals surface area contributed by atoms with Crippen molar-refractivity contribution in [2.24, 2.45) is 11.8 Å². The summed E-state index contributed by atoms with van der Waals surface area (Å²) in [5.74, 6) is 2.09. The maximum absolute atomic E-state index is 13.1. The van der Waals surface area contributed by atoms with Crippen molar-refractivity contribution in [1.29, 1.82) is 0 Å². The minimum atomic E-state index is -0.0278. The second-order valence-corrected chi connectivity index (χ2v) is 8.99. The van der Waals surface area contributed by atoms with Crippen LogP contribution in [0.15, 0.2) is 18.2 Å². The first-order valence-electron chi connectivity index (χ1n) is 11.4. The first-order chi connectivity index (χ1) is 14.1. The molecule has 0 bridgehead atoms. The largest absolute Gasteiger partial charge is 0.353 e. The van der Waals surface area contributed by atoms with E-state index in [0.717, 1.165) is 44.2 Å². The van der Waals surface area contributed by atoms with Gasteiger partial charge in [-0.2, -0.15) is 0 Å². The molecule has 4 rings (SSSR count). The molecule has 2 amide bonds. The lowest BCUT2D eigenvalue weighted by Gasteiger charge is -2.40. The van der Waals surface area contributed by atoms with Gasteiger partial charge < -0.3 is 14.7 Å². The predicted octanol–water partition coefficient (Wildman–Crippen LogP) is 2.86. The van der Waals surface area contributed by atoms with Gasteiger partial charge in [-0.1, -0.05) is 25.3 Å². The Balaban J connectivity index is 1.30. The molecule has 6 nitrogen and oxygen atoms in total. The van der Waals surface area contributed by atoms with Gasteiger partial charge >= 0.3 is 0 Å². The van der Waals surface area contributed by atoms with Gasteiger partial charge in [0.1, 0.15) is 5.82 Å². The van der Waals surface area contributed by atoms with E-state index >= 15 is 0 Å². The molecule has 1 atom stereocenters. The number of piperidine rings is 1. The Labute approximate surface area is 174 Å². The molecular formula is C23H34N4O2. The van der Waals surface area contributed by atoms with Gasteiger partial charge in [-0.25, -0.2) is 4.98 Å². The normalized spacial score (nSPS) is 24.1. The highest BCUT2D eigenvalue weighted by molar-refractivity contribution is 5.84. The molecule has 0 aromatic carbocycles. The highest BCUT2D eigenvalue weighted by Crippen LogP contribution is 2.28. The molecule has 0 radical (unpaired) electrons. The Kier molecular flexibility index (Phi) is 6.36. The number of hydrogen-bond acceptors (Lipinski definition) is 4. The summed E-state index contributed by atoms with van der Waals surface area (Å²) in [5.41, 5.74) is 1.02. The lowest BCUT2D eigenvalue weighted by Crippen LogP contribution is -2.53. The molecule has 0 N–H and O–H groups in total. The molecule has 2 aliphatic heterocycles. The number of carbonyl (C=O) groups is 2. The fourth-order valence-corrected chi connectivity index (χ4v) is 5.09. The zero-order valence-corrected chi connectivity index (χ0v) is 17.7. The van der Waals surface area contributed by atoms with Crippen LogP contribution < -0.4 is 4.90 Å². The number of aryl methyl sites for hydroxylation is 1. The minimum Gasteiger partial charge on any atom is -0.353 e. The van der Waals surface area contributed by atoms with Crippen molar-refractivity contribution in [3.8, 4) is 0 Å². The van der Waals surface area contributed by atoms with Crippen molar-refractivity contribution in [2.75, 3.05) is 44.2 Å². The summed E-state index contributed by atoms with van der Waals surface area (Å²) in [6.45, 7) is 6.60. The third-order valence-electron chi connectivity index (χ3n) is 6.84. The zero-order valence-electron chi connectivity index (χ0n) is 17.7. The van der Waals surface area contributed by atoms with E-state index in [1.165, 1.54) is 32.1 Å². The SMILES string of the molecule is Cc1cccc(N2CCN(C(=O)[C@H]3CCC(=O)N(CC4CCCCC4)C3)CC2)n1. The van der Waals surface area contributed by atoms with E-state index in [4.69, 9.17) is 0 Å². The molecule has 3 heterocycles. The Hall–Kier alpha value is -2.11. The standard InChI is InChI=1S/C23H34N4O2/c1-18-6-5-9-21(24-18)25-12-14-26(15-13-25)23(29)20-10-11-22(28)27(17-20)16-19-7-3-2-4-8-19/h5-6,9,19-20H,2-4,7-8,10-17H2,1H3/t20-/m0/s1. The second-order valence-electron chi connectivity index (χ2n) is 8.99. The number of hydrogen-bond donors (Lipinski definition) is 0. The Morgan fingerprint density at radius 1 is 1.07 bits per heavy atom. The lowest BCUT2D eigenvalue weighted by atomic mass is 9.87. The number of pyridine rings is 1. The molecule has 1 saturated carbocycles. The third kappa shape index (κ3) is 4.90. The van der Waals surface area contributed by atoms with Gasteiger partial charge in [-0.3, -0.25) is 9.59 Å². The Morgan fingerprint density at radius 3 is 2.55 bits per heavy atom. The van der Waals surface area contributed by atoms with E-state index in [1.54, 1.807) is 0 Å². The third-order valence-corrected chi connectivity index (χ3v) is 6.84. The van der Waals surface area contributed by atoms with Crippen LogP contribution in [0, 0.1) is 18.8 Å². The number of aromatic nitrogens is 1. The van der Waals surface area contributed by atoms with Crippen LogP contribution in [0.5, 0.6) is 0 Å². The van der Waals surface area contributed by atoms with Crippen LogP contribution >= 0.6 is 0 Å². The number of amides is 2. The van der Waals surface area contributed by atoms with Crippen molar-refractivity contribution >= 4 is 17.6 Å². The van der Waals surface area contributed by atoms with Crippen LogP contribution in [0.25, 0.3) is 0 Å². The molecule has 3 aliphatic rings. The van der Waals surface area contributed by atoms with Gasteiger partial charge in [0.2, 0.25) is 11.8 Å². The van der Waals surface area contributed by atoms with E-state index in [-0.39, 0.29) is 17.7 Å².